The van der Waals surface area contributed by atoms with Crippen molar-refractivity contribution in [1.29, 1.82) is 0 Å². The van der Waals surface area contributed by atoms with Crippen molar-refractivity contribution in [2.24, 2.45) is 0 Å². The Morgan fingerprint density at radius 3 is 2.81 bits per heavy atom. The van der Waals surface area contributed by atoms with Crippen LogP contribution in [0.15, 0.2) is 70.1 Å². The summed E-state index contributed by atoms with van der Waals surface area (Å²) in [5.41, 5.74) is 2.35. The van der Waals surface area contributed by atoms with Gasteiger partial charge in [0, 0.05) is 31.1 Å². The Kier molecular flexibility index (Phi) is 4.67. The lowest BCUT2D eigenvalue weighted by Crippen LogP contribution is -2.23. The lowest BCUT2D eigenvalue weighted by Gasteiger charge is -2.15. The van der Waals surface area contributed by atoms with E-state index in [9.17, 15) is 9.59 Å². The van der Waals surface area contributed by atoms with Crippen molar-refractivity contribution in [2.75, 3.05) is 19.6 Å². The van der Waals surface area contributed by atoms with Crippen LogP contribution in [0.4, 0.5) is 0 Å². The maximum Gasteiger partial charge on any atom is 0.192 e. The molecule has 0 aliphatic carbocycles. The van der Waals surface area contributed by atoms with E-state index in [1.807, 2.05) is 6.07 Å². The summed E-state index contributed by atoms with van der Waals surface area (Å²) in [6.07, 6.45) is 2.98. The summed E-state index contributed by atoms with van der Waals surface area (Å²) < 4.78 is 5.30. The van der Waals surface area contributed by atoms with Crippen LogP contribution in [0.2, 0.25) is 0 Å². The van der Waals surface area contributed by atoms with Gasteiger partial charge in [0.15, 0.2) is 11.2 Å². The number of fused-ring (bicyclic) bond motifs is 1. The van der Waals surface area contributed by atoms with Gasteiger partial charge in [0.25, 0.3) is 0 Å². The van der Waals surface area contributed by atoms with Gasteiger partial charge in [-0.1, -0.05) is 30.3 Å². The zero-order valence-electron chi connectivity index (χ0n) is 14.6. The fourth-order valence-electron chi connectivity index (χ4n) is 3.69. The molecule has 1 aliphatic heterocycles. The van der Waals surface area contributed by atoms with Crippen molar-refractivity contribution >= 4 is 16.8 Å². The van der Waals surface area contributed by atoms with E-state index in [1.54, 1.807) is 18.2 Å². The summed E-state index contributed by atoms with van der Waals surface area (Å²) in [7, 11) is 0. The standard InChI is InChI=1S/C22H21NO3/c24-20(17-6-7-22-19(14-17)21(25)10-13-26-22)9-12-23-11-8-18(15-23)16-4-2-1-3-5-16/h1-7,10,13-14,18H,8-9,11-12,15H2. The number of hydrogen-bond acceptors (Lipinski definition) is 4. The second-order valence-corrected chi connectivity index (χ2v) is 6.87. The second kappa shape index (κ2) is 7.26. The molecule has 2 heterocycles. The molecule has 1 unspecified atom stereocenters. The van der Waals surface area contributed by atoms with Crippen LogP contribution in [0.1, 0.15) is 34.7 Å². The van der Waals surface area contributed by atoms with E-state index in [2.05, 4.69) is 29.2 Å². The van der Waals surface area contributed by atoms with E-state index in [0.29, 0.717) is 28.9 Å². The van der Waals surface area contributed by atoms with E-state index >= 15 is 0 Å². The quantitative estimate of drug-likeness (QED) is 0.658. The van der Waals surface area contributed by atoms with E-state index in [-0.39, 0.29) is 11.2 Å². The molecule has 4 rings (SSSR count). The Labute approximate surface area is 152 Å². The fourth-order valence-corrected chi connectivity index (χ4v) is 3.69. The van der Waals surface area contributed by atoms with Gasteiger partial charge in [-0.2, -0.15) is 0 Å². The Morgan fingerprint density at radius 1 is 1.12 bits per heavy atom. The smallest absolute Gasteiger partial charge is 0.192 e. The number of carbonyl (C=O) groups is 1. The van der Waals surface area contributed by atoms with Gasteiger partial charge in [-0.25, -0.2) is 0 Å². The van der Waals surface area contributed by atoms with Gasteiger partial charge >= 0.3 is 0 Å². The van der Waals surface area contributed by atoms with Gasteiger partial charge in [0.1, 0.15) is 5.58 Å². The van der Waals surface area contributed by atoms with Gasteiger partial charge in [-0.3, -0.25) is 9.59 Å². The first kappa shape index (κ1) is 16.7. The van der Waals surface area contributed by atoms with E-state index in [0.717, 1.165) is 26.1 Å². The molecule has 0 radical (unpaired) electrons. The molecule has 0 amide bonds. The number of likely N-dealkylation sites (tertiary alicyclic amines) is 1. The van der Waals surface area contributed by atoms with Crippen LogP contribution in [0, 0.1) is 0 Å². The lowest BCUT2D eigenvalue weighted by atomic mass is 9.99. The molecule has 26 heavy (non-hydrogen) atoms. The average Bonchev–Trinajstić information content (AvgIpc) is 3.16. The highest BCUT2D eigenvalue weighted by atomic mass is 16.3. The minimum atomic E-state index is -0.119. The van der Waals surface area contributed by atoms with E-state index in [1.165, 1.54) is 17.9 Å². The molecule has 4 nitrogen and oxygen atoms in total. The summed E-state index contributed by atoms with van der Waals surface area (Å²) in [4.78, 5) is 26.8. The summed E-state index contributed by atoms with van der Waals surface area (Å²) in [5.74, 6) is 0.620. The predicted molar refractivity (Wildman–Crippen MR) is 102 cm³/mol. The Morgan fingerprint density at radius 2 is 1.96 bits per heavy atom. The number of ketones is 1. The SMILES string of the molecule is O=C(CCN1CCC(c2ccccc2)C1)c1ccc2occc(=O)c2c1. The highest BCUT2D eigenvalue weighted by Crippen LogP contribution is 2.27. The van der Waals surface area contributed by atoms with Gasteiger partial charge in [-0.15, -0.1) is 0 Å². The van der Waals surface area contributed by atoms with Crippen molar-refractivity contribution in [3.8, 4) is 0 Å². The van der Waals surface area contributed by atoms with Gasteiger partial charge in [0.05, 0.1) is 11.6 Å². The third-order valence-corrected chi connectivity index (χ3v) is 5.18. The van der Waals surface area contributed by atoms with Crippen molar-refractivity contribution in [3.63, 3.8) is 0 Å². The summed E-state index contributed by atoms with van der Waals surface area (Å²) >= 11 is 0. The molecule has 1 atom stereocenters. The molecule has 2 aromatic carbocycles. The van der Waals surface area contributed by atoms with Crippen molar-refractivity contribution < 1.29 is 9.21 Å². The molecular formula is C22H21NO3. The second-order valence-electron chi connectivity index (χ2n) is 6.87. The average molecular weight is 347 g/mol. The zero-order chi connectivity index (χ0) is 17.9. The normalized spacial score (nSPS) is 17.6. The molecule has 132 valence electrons. The van der Waals surface area contributed by atoms with Crippen LogP contribution in [0.25, 0.3) is 11.0 Å². The maximum absolute atomic E-state index is 12.5. The summed E-state index contributed by atoms with van der Waals surface area (Å²) in [5, 5.41) is 0.462. The third-order valence-electron chi connectivity index (χ3n) is 5.18. The van der Waals surface area contributed by atoms with Crippen LogP contribution in [-0.2, 0) is 0 Å². The fraction of sp³-hybridized carbons (Fsp3) is 0.273. The van der Waals surface area contributed by atoms with Gasteiger partial charge in [0.2, 0.25) is 0 Å². The molecular weight excluding hydrogens is 326 g/mol. The largest absolute Gasteiger partial charge is 0.464 e. The molecule has 0 bridgehead atoms. The van der Waals surface area contributed by atoms with Gasteiger partial charge < -0.3 is 9.32 Å². The van der Waals surface area contributed by atoms with Crippen LogP contribution in [-0.4, -0.2) is 30.3 Å². The molecule has 0 saturated carbocycles. The third kappa shape index (κ3) is 3.46. The first-order valence-corrected chi connectivity index (χ1v) is 9.03. The minimum Gasteiger partial charge on any atom is -0.464 e. The monoisotopic (exact) mass is 347 g/mol. The molecule has 1 aliphatic rings. The van der Waals surface area contributed by atoms with Crippen molar-refractivity contribution in [3.05, 3.63) is 82.2 Å². The molecule has 4 heteroatoms. The number of hydrogen-bond donors (Lipinski definition) is 0. The van der Waals surface area contributed by atoms with Crippen molar-refractivity contribution in [2.45, 2.75) is 18.8 Å². The molecule has 0 spiro atoms. The maximum atomic E-state index is 12.5. The van der Waals surface area contributed by atoms with E-state index < -0.39 is 0 Å². The van der Waals surface area contributed by atoms with Gasteiger partial charge in [-0.05, 0) is 42.6 Å². The number of Topliss-reactive ketones (excluding diaryl/α,β-unsaturated/α-hetero) is 1. The summed E-state index contributed by atoms with van der Waals surface area (Å²) in [6, 6.07) is 17.0. The zero-order valence-corrected chi connectivity index (χ0v) is 14.6. The van der Waals surface area contributed by atoms with E-state index in [4.69, 9.17) is 4.42 Å². The Bertz CT molecular complexity index is 977. The Balaban J connectivity index is 1.39. The minimum absolute atomic E-state index is 0.0679. The topological polar surface area (TPSA) is 50.5 Å². The lowest BCUT2D eigenvalue weighted by molar-refractivity contribution is 0.0969. The molecule has 0 N–H and O–H groups in total. The van der Waals surface area contributed by atoms with Crippen LogP contribution >= 0.6 is 0 Å². The van der Waals surface area contributed by atoms with Crippen molar-refractivity contribution in [1.82, 2.24) is 4.90 Å². The number of nitrogens with zero attached hydrogens (tertiary/aromatic N) is 1. The first-order chi connectivity index (χ1) is 12.7. The van der Waals surface area contributed by atoms with Crippen LogP contribution < -0.4 is 5.43 Å². The number of rotatable bonds is 5. The predicted octanol–water partition coefficient (Wildman–Crippen LogP) is 3.86. The highest BCUT2D eigenvalue weighted by molar-refractivity contribution is 5.99. The summed E-state index contributed by atoms with van der Waals surface area (Å²) in [6.45, 7) is 2.77. The molecule has 1 fully saturated rings. The number of benzene rings is 2. The highest BCUT2D eigenvalue weighted by Gasteiger charge is 2.24. The first-order valence-electron chi connectivity index (χ1n) is 9.03. The Hall–Kier alpha value is -2.72. The molecule has 1 saturated heterocycles. The number of carbonyl (C=O) groups excluding carboxylic acids is 1. The van der Waals surface area contributed by atoms with Crippen LogP contribution in [0.5, 0.6) is 0 Å². The molecule has 3 aromatic rings. The molecule has 1 aromatic heterocycles. The van der Waals surface area contributed by atoms with Crippen LogP contribution in [0.3, 0.4) is 0 Å².